The van der Waals surface area contributed by atoms with Crippen molar-refractivity contribution >= 4 is 17.5 Å². The number of aryl methyl sites for hydroxylation is 1. The molecule has 1 aromatic rings. The van der Waals surface area contributed by atoms with E-state index >= 15 is 0 Å². The van der Waals surface area contributed by atoms with Crippen molar-refractivity contribution in [3.8, 4) is 0 Å². The van der Waals surface area contributed by atoms with Gasteiger partial charge in [0.05, 0.1) is 6.20 Å². The summed E-state index contributed by atoms with van der Waals surface area (Å²) in [6.07, 6.45) is 1.94. The Morgan fingerprint density at radius 2 is 2.50 bits per heavy atom. The molecule has 0 saturated carbocycles. The first kappa shape index (κ1) is 11.0. The fourth-order valence-corrected chi connectivity index (χ4v) is 1.21. The number of halogens is 1. The van der Waals surface area contributed by atoms with Gasteiger partial charge in [-0.25, -0.2) is 4.98 Å². The number of nitrogens with one attached hydrogen (secondary N) is 1. The van der Waals surface area contributed by atoms with Crippen LogP contribution in [0.4, 0.5) is 0 Å². The molecule has 0 fully saturated rings. The van der Waals surface area contributed by atoms with E-state index in [1.807, 2.05) is 13.8 Å². The van der Waals surface area contributed by atoms with E-state index in [0.717, 1.165) is 5.76 Å². The lowest BCUT2D eigenvalue weighted by atomic mass is 10.3. The first-order valence-electron chi connectivity index (χ1n) is 4.41. The van der Waals surface area contributed by atoms with Gasteiger partial charge in [-0.15, -0.1) is 11.6 Å². The predicted molar refractivity (Wildman–Crippen MR) is 53.1 cm³/mol. The summed E-state index contributed by atoms with van der Waals surface area (Å²) in [5, 5.41) is 2.73. The van der Waals surface area contributed by atoms with Gasteiger partial charge in [-0.2, -0.15) is 0 Å². The second-order valence-electron chi connectivity index (χ2n) is 3.04. The molecule has 1 N–H and O–H groups in total. The van der Waals surface area contributed by atoms with E-state index < -0.39 is 0 Å². The fraction of sp³-hybridized carbons (Fsp3) is 0.556. The molecule has 1 amide bonds. The summed E-state index contributed by atoms with van der Waals surface area (Å²) >= 11 is 5.43. The third-order valence-corrected chi connectivity index (χ3v) is 1.90. The summed E-state index contributed by atoms with van der Waals surface area (Å²) < 4.78 is 5.27. The van der Waals surface area contributed by atoms with Crippen LogP contribution in [0, 0.1) is 6.92 Å². The van der Waals surface area contributed by atoms with Gasteiger partial charge in [-0.3, -0.25) is 4.79 Å². The van der Waals surface area contributed by atoms with Gasteiger partial charge in [0.2, 0.25) is 11.8 Å². The number of rotatable bonds is 4. The van der Waals surface area contributed by atoms with Crippen molar-refractivity contribution < 1.29 is 9.21 Å². The highest BCUT2D eigenvalue weighted by molar-refractivity contribution is 6.18. The predicted octanol–water partition coefficient (Wildman–Crippen LogP) is 1.79. The molecule has 5 heteroatoms. The zero-order valence-corrected chi connectivity index (χ0v) is 8.97. The van der Waals surface area contributed by atoms with E-state index in [9.17, 15) is 4.79 Å². The molecule has 0 saturated heterocycles. The number of alkyl halides is 1. The van der Waals surface area contributed by atoms with Crippen molar-refractivity contribution in [3.63, 3.8) is 0 Å². The zero-order valence-electron chi connectivity index (χ0n) is 8.21. The van der Waals surface area contributed by atoms with Crippen LogP contribution in [0.5, 0.6) is 0 Å². The monoisotopic (exact) mass is 216 g/mol. The first-order chi connectivity index (χ1) is 6.63. The molecule has 0 bridgehead atoms. The second-order valence-corrected chi connectivity index (χ2v) is 3.42. The van der Waals surface area contributed by atoms with E-state index in [4.69, 9.17) is 16.0 Å². The molecular weight excluding hydrogens is 204 g/mol. The van der Waals surface area contributed by atoms with Crippen molar-refractivity contribution in [2.45, 2.75) is 26.3 Å². The van der Waals surface area contributed by atoms with Crippen molar-refractivity contribution in [2.24, 2.45) is 0 Å². The first-order valence-corrected chi connectivity index (χ1v) is 4.94. The Bertz CT molecular complexity index is 312. The summed E-state index contributed by atoms with van der Waals surface area (Å²) in [6, 6.07) is -0.209. The Labute approximate surface area is 87.6 Å². The summed E-state index contributed by atoms with van der Waals surface area (Å²) in [7, 11) is 0. The van der Waals surface area contributed by atoms with E-state index in [-0.39, 0.29) is 11.9 Å². The van der Waals surface area contributed by atoms with Gasteiger partial charge in [0, 0.05) is 12.3 Å². The van der Waals surface area contributed by atoms with Crippen LogP contribution in [0.25, 0.3) is 0 Å². The van der Waals surface area contributed by atoms with Gasteiger partial charge >= 0.3 is 0 Å². The van der Waals surface area contributed by atoms with Gasteiger partial charge in [-0.1, -0.05) is 0 Å². The highest BCUT2D eigenvalue weighted by Crippen LogP contribution is 2.11. The number of carbonyl (C=O) groups excluding carboxylic acids is 1. The maximum Gasteiger partial charge on any atom is 0.221 e. The molecule has 0 aliphatic rings. The van der Waals surface area contributed by atoms with Crippen LogP contribution >= 0.6 is 11.6 Å². The summed E-state index contributed by atoms with van der Waals surface area (Å²) in [5.74, 6) is 1.48. The van der Waals surface area contributed by atoms with E-state index in [1.54, 1.807) is 6.20 Å². The SMILES string of the molecule is Cc1cnc(C(C)NC(=O)CCCl)o1. The third-order valence-electron chi connectivity index (χ3n) is 1.71. The highest BCUT2D eigenvalue weighted by atomic mass is 35.5. The number of carbonyl (C=O) groups is 1. The molecule has 0 radical (unpaired) electrons. The molecule has 1 unspecified atom stereocenters. The zero-order chi connectivity index (χ0) is 10.6. The van der Waals surface area contributed by atoms with Crippen molar-refractivity contribution in [1.29, 1.82) is 0 Å². The fourth-order valence-electron chi connectivity index (χ4n) is 1.03. The number of aromatic nitrogens is 1. The minimum Gasteiger partial charge on any atom is -0.444 e. The minimum atomic E-state index is -0.209. The largest absolute Gasteiger partial charge is 0.444 e. The van der Waals surface area contributed by atoms with Crippen LogP contribution in [0.3, 0.4) is 0 Å². The Balaban J connectivity index is 2.50. The normalized spacial score (nSPS) is 12.5. The lowest BCUT2D eigenvalue weighted by Gasteiger charge is -2.09. The lowest BCUT2D eigenvalue weighted by molar-refractivity contribution is -0.121. The van der Waals surface area contributed by atoms with Crippen LogP contribution in [-0.2, 0) is 4.79 Å². The van der Waals surface area contributed by atoms with Crippen molar-refractivity contribution in [3.05, 3.63) is 17.8 Å². The Morgan fingerprint density at radius 1 is 1.79 bits per heavy atom. The Morgan fingerprint density at radius 3 is 3.00 bits per heavy atom. The van der Waals surface area contributed by atoms with Crippen LogP contribution in [0.2, 0.25) is 0 Å². The average molecular weight is 217 g/mol. The molecule has 1 rings (SSSR count). The number of oxazole rings is 1. The van der Waals surface area contributed by atoms with Gasteiger partial charge in [0.25, 0.3) is 0 Å². The molecule has 0 aromatic carbocycles. The van der Waals surface area contributed by atoms with E-state index in [0.29, 0.717) is 18.2 Å². The molecule has 1 atom stereocenters. The quantitative estimate of drug-likeness (QED) is 0.781. The van der Waals surface area contributed by atoms with Gasteiger partial charge in [-0.05, 0) is 13.8 Å². The molecule has 1 heterocycles. The van der Waals surface area contributed by atoms with Crippen LogP contribution < -0.4 is 5.32 Å². The standard InChI is InChI=1S/C9H13ClN2O2/c1-6-5-11-9(14-6)7(2)12-8(13)3-4-10/h5,7H,3-4H2,1-2H3,(H,12,13). The Hall–Kier alpha value is -1.03. The van der Waals surface area contributed by atoms with Gasteiger partial charge in [0.1, 0.15) is 11.8 Å². The molecule has 78 valence electrons. The molecular formula is C9H13ClN2O2. The third kappa shape index (κ3) is 3.03. The van der Waals surface area contributed by atoms with Crippen LogP contribution in [-0.4, -0.2) is 16.8 Å². The van der Waals surface area contributed by atoms with Crippen LogP contribution in [0.15, 0.2) is 10.6 Å². The smallest absolute Gasteiger partial charge is 0.221 e. The van der Waals surface area contributed by atoms with Gasteiger partial charge < -0.3 is 9.73 Å². The summed E-state index contributed by atoms with van der Waals surface area (Å²) in [4.78, 5) is 15.2. The molecule has 0 aliphatic heterocycles. The molecule has 0 spiro atoms. The minimum absolute atomic E-state index is 0.0941. The topological polar surface area (TPSA) is 55.1 Å². The lowest BCUT2D eigenvalue weighted by Crippen LogP contribution is -2.26. The highest BCUT2D eigenvalue weighted by Gasteiger charge is 2.13. The molecule has 0 aliphatic carbocycles. The van der Waals surface area contributed by atoms with Crippen molar-refractivity contribution in [1.82, 2.24) is 10.3 Å². The Kier molecular flexibility index (Phi) is 3.95. The van der Waals surface area contributed by atoms with Crippen LogP contribution in [0.1, 0.15) is 31.0 Å². The van der Waals surface area contributed by atoms with Gasteiger partial charge in [0.15, 0.2) is 0 Å². The second kappa shape index (κ2) is 5.00. The van der Waals surface area contributed by atoms with E-state index in [2.05, 4.69) is 10.3 Å². The van der Waals surface area contributed by atoms with E-state index in [1.165, 1.54) is 0 Å². The van der Waals surface area contributed by atoms with Crippen molar-refractivity contribution in [2.75, 3.05) is 5.88 Å². The maximum atomic E-state index is 11.2. The summed E-state index contributed by atoms with van der Waals surface area (Å²) in [5.41, 5.74) is 0. The average Bonchev–Trinajstić information content (AvgIpc) is 2.52. The number of hydrogen-bond acceptors (Lipinski definition) is 3. The molecule has 14 heavy (non-hydrogen) atoms. The molecule has 4 nitrogen and oxygen atoms in total. The number of nitrogens with zero attached hydrogens (tertiary/aromatic N) is 1. The summed E-state index contributed by atoms with van der Waals surface area (Å²) in [6.45, 7) is 3.63. The molecule has 1 aromatic heterocycles. The number of amides is 1. The maximum absolute atomic E-state index is 11.2. The number of hydrogen-bond donors (Lipinski definition) is 1.